The number of carbonyl (C=O) groups excluding carboxylic acids is 1. The first-order chi connectivity index (χ1) is 10.3. The van der Waals surface area contributed by atoms with Crippen LogP contribution in [0.3, 0.4) is 0 Å². The van der Waals surface area contributed by atoms with Crippen LogP contribution in [0.2, 0.25) is 0 Å². The van der Waals surface area contributed by atoms with Gasteiger partial charge in [0.15, 0.2) is 5.82 Å². The van der Waals surface area contributed by atoms with Crippen molar-refractivity contribution in [3.63, 3.8) is 0 Å². The van der Waals surface area contributed by atoms with Crippen LogP contribution in [0.4, 0.5) is 0 Å². The zero-order chi connectivity index (χ0) is 15.1. The number of aromatic nitrogens is 3. The summed E-state index contributed by atoms with van der Waals surface area (Å²) in [6.07, 6.45) is 2.04. The third-order valence-corrected chi connectivity index (χ3v) is 3.69. The molecule has 0 bridgehead atoms. The van der Waals surface area contributed by atoms with Gasteiger partial charge < -0.3 is 15.0 Å². The maximum Gasteiger partial charge on any atom is 0.263 e. The second kappa shape index (κ2) is 7.57. The third-order valence-electron chi connectivity index (χ3n) is 2.77. The molecule has 1 amide bonds. The lowest BCUT2D eigenvalue weighted by molar-refractivity contribution is 0.0953. The zero-order valence-corrected chi connectivity index (χ0v) is 12.5. The molecule has 0 aliphatic carbocycles. The normalized spacial score (nSPS) is 10.0. The van der Waals surface area contributed by atoms with Gasteiger partial charge in [0, 0.05) is 18.5 Å². The van der Waals surface area contributed by atoms with Gasteiger partial charge in [-0.2, -0.15) is 0 Å². The van der Waals surface area contributed by atoms with Crippen LogP contribution < -0.4 is 5.32 Å². The molecule has 7 heteroatoms. The minimum Gasteiger partial charge on any atom is -0.395 e. The first-order valence-corrected chi connectivity index (χ1v) is 7.46. The van der Waals surface area contributed by atoms with Gasteiger partial charge in [0.1, 0.15) is 11.2 Å². The molecule has 2 N–H and O–H groups in total. The van der Waals surface area contributed by atoms with Gasteiger partial charge in [0.2, 0.25) is 0 Å². The lowest BCUT2D eigenvalue weighted by Crippen LogP contribution is -2.24. The summed E-state index contributed by atoms with van der Waals surface area (Å²) in [6.45, 7) is 3.09. The molecule has 0 aliphatic heterocycles. The summed E-state index contributed by atoms with van der Waals surface area (Å²) >= 11 is 1.34. The summed E-state index contributed by atoms with van der Waals surface area (Å²) in [5.41, 5.74) is 0.683. The van der Waals surface area contributed by atoms with Crippen LogP contribution in [0, 0.1) is 11.8 Å². The molecule has 2 heterocycles. The van der Waals surface area contributed by atoms with Gasteiger partial charge in [0.25, 0.3) is 5.91 Å². The summed E-state index contributed by atoms with van der Waals surface area (Å²) in [5, 5.41) is 21.2. The molecule has 0 radical (unpaired) electrons. The van der Waals surface area contributed by atoms with Crippen molar-refractivity contribution >= 4 is 17.2 Å². The van der Waals surface area contributed by atoms with Crippen molar-refractivity contribution in [1.82, 2.24) is 20.1 Å². The maximum absolute atomic E-state index is 12.2. The van der Waals surface area contributed by atoms with Crippen molar-refractivity contribution < 1.29 is 9.90 Å². The molecule has 0 saturated carbocycles. The second-order valence-electron chi connectivity index (χ2n) is 4.15. The highest BCUT2D eigenvalue weighted by Crippen LogP contribution is 2.15. The number of nitrogens with one attached hydrogen (secondary N) is 1. The van der Waals surface area contributed by atoms with E-state index in [9.17, 15) is 4.79 Å². The Balaban J connectivity index is 2.01. The van der Waals surface area contributed by atoms with Crippen molar-refractivity contribution in [2.75, 3.05) is 6.61 Å². The topological polar surface area (TPSA) is 80.0 Å². The maximum atomic E-state index is 12.2. The molecule has 2 rings (SSSR count). The molecule has 2 aromatic rings. The number of hydrogen-bond donors (Lipinski definition) is 2. The largest absolute Gasteiger partial charge is 0.395 e. The SMILES string of the molecule is CCn1cnnc1CNC(=O)c1sccc1C#CCCO. The Hall–Kier alpha value is -2.17. The standard InChI is InChI=1S/C14H16N4O2S/c1-2-18-10-16-17-12(18)9-15-14(20)13-11(6-8-21-13)5-3-4-7-19/h6,8,10,19H,2,4,7,9H2,1H3,(H,15,20). The van der Waals surface area contributed by atoms with E-state index in [1.165, 1.54) is 11.3 Å². The Morgan fingerprint density at radius 2 is 2.43 bits per heavy atom. The van der Waals surface area contributed by atoms with E-state index in [1.807, 2.05) is 16.9 Å². The summed E-state index contributed by atoms with van der Waals surface area (Å²) in [6, 6.07) is 1.80. The molecular weight excluding hydrogens is 288 g/mol. The van der Waals surface area contributed by atoms with E-state index in [4.69, 9.17) is 5.11 Å². The van der Waals surface area contributed by atoms with E-state index < -0.39 is 0 Å². The van der Waals surface area contributed by atoms with E-state index in [0.717, 1.165) is 12.4 Å². The highest BCUT2D eigenvalue weighted by molar-refractivity contribution is 7.12. The second-order valence-corrected chi connectivity index (χ2v) is 5.07. The van der Waals surface area contributed by atoms with Crippen molar-refractivity contribution in [2.24, 2.45) is 0 Å². The van der Waals surface area contributed by atoms with Crippen LogP contribution in [0.15, 0.2) is 17.8 Å². The lowest BCUT2D eigenvalue weighted by atomic mass is 10.2. The molecule has 0 saturated heterocycles. The van der Waals surface area contributed by atoms with Crippen LogP contribution in [0.5, 0.6) is 0 Å². The molecule has 0 atom stereocenters. The molecule has 6 nitrogen and oxygen atoms in total. The smallest absolute Gasteiger partial charge is 0.263 e. The zero-order valence-electron chi connectivity index (χ0n) is 11.7. The average Bonchev–Trinajstić information content (AvgIpc) is 3.13. The number of aryl methyl sites for hydroxylation is 1. The van der Waals surface area contributed by atoms with Gasteiger partial charge in [0.05, 0.1) is 13.2 Å². The number of aliphatic hydroxyl groups is 1. The van der Waals surface area contributed by atoms with E-state index >= 15 is 0 Å². The van der Waals surface area contributed by atoms with Gasteiger partial charge in [-0.05, 0) is 18.4 Å². The predicted molar refractivity (Wildman–Crippen MR) is 79.8 cm³/mol. The lowest BCUT2D eigenvalue weighted by Gasteiger charge is -2.05. The number of rotatable bonds is 5. The minimum absolute atomic E-state index is 0.0192. The molecule has 21 heavy (non-hydrogen) atoms. The Labute approximate surface area is 126 Å². The Bertz CT molecular complexity index is 666. The van der Waals surface area contributed by atoms with Crippen LogP contribution in [0.25, 0.3) is 0 Å². The fraction of sp³-hybridized carbons (Fsp3) is 0.357. The molecule has 110 valence electrons. The van der Waals surface area contributed by atoms with Gasteiger partial charge >= 0.3 is 0 Å². The first kappa shape index (κ1) is 15.2. The summed E-state index contributed by atoms with van der Waals surface area (Å²) in [4.78, 5) is 12.8. The highest BCUT2D eigenvalue weighted by atomic mass is 32.1. The van der Waals surface area contributed by atoms with Crippen molar-refractivity contribution in [3.8, 4) is 11.8 Å². The van der Waals surface area contributed by atoms with Crippen molar-refractivity contribution in [2.45, 2.75) is 26.4 Å². The quantitative estimate of drug-likeness (QED) is 0.808. The van der Waals surface area contributed by atoms with Crippen LogP contribution in [-0.4, -0.2) is 32.4 Å². The molecule has 0 aliphatic rings. The predicted octanol–water partition coefficient (Wildman–Crippen LogP) is 1.02. The number of hydrogen-bond acceptors (Lipinski definition) is 5. The summed E-state index contributed by atoms with van der Waals surface area (Å²) in [7, 11) is 0. The number of aliphatic hydroxyl groups excluding tert-OH is 1. The van der Waals surface area contributed by atoms with Gasteiger partial charge in [-0.1, -0.05) is 11.8 Å². The summed E-state index contributed by atoms with van der Waals surface area (Å²) < 4.78 is 1.87. The third kappa shape index (κ3) is 3.90. The van der Waals surface area contributed by atoms with E-state index in [1.54, 1.807) is 12.4 Å². The molecule has 0 spiro atoms. The van der Waals surface area contributed by atoms with E-state index in [-0.39, 0.29) is 12.5 Å². The molecule has 0 fully saturated rings. The van der Waals surface area contributed by atoms with Crippen molar-refractivity contribution in [1.29, 1.82) is 0 Å². The van der Waals surface area contributed by atoms with Crippen LogP contribution in [0.1, 0.15) is 34.4 Å². The molecular formula is C14H16N4O2S. The monoisotopic (exact) mass is 304 g/mol. The van der Waals surface area contributed by atoms with Gasteiger partial charge in [-0.3, -0.25) is 4.79 Å². The Kier molecular flexibility index (Phi) is 5.49. The molecule has 2 aromatic heterocycles. The first-order valence-electron chi connectivity index (χ1n) is 6.58. The molecule has 0 unspecified atom stereocenters. The number of carbonyl (C=O) groups is 1. The fourth-order valence-corrected chi connectivity index (χ4v) is 2.48. The van der Waals surface area contributed by atoms with E-state index in [0.29, 0.717) is 23.4 Å². The van der Waals surface area contributed by atoms with Gasteiger partial charge in [-0.25, -0.2) is 0 Å². The Morgan fingerprint density at radius 1 is 1.57 bits per heavy atom. The number of nitrogens with zero attached hydrogens (tertiary/aromatic N) is 3. The van der Waals surface area contributed by atoms with Crippen LogP contribution in [-0.2, 0) is 13.1 Å². The highest BCUT2D eigenvalue weighted by Gasteiger charge is 2.13. The summed E-state index contributed by atoms with van der Waals surface area (Å²) in [5.74, 6) is 6.26. The molecule has 0 aromatic carbocycles. The van der Waals surface area contributed by atoms with E-state index in [2.05, 4.69) is 27.4 Å². The van der Waals surface area contributed by atoms with Gasteiger partial charge in [-0.15, -0.1) is 21.5 Å². The fourth-order valence-electron chi connectivity index (χ4n) is 1.72. The minimum atomic E-state index is -0.177. The number of amides is 1. The van der Waals surface area contributed by atoms with Crippen molar-refractivity contribution in [3.05, 3.63) is 34.0 Å². The average molecular weight is 304 g/mol. The van der Waals surface area contributed by atoms with Crippen LogP contribution >= 0.6 is 11.3 Å². The Morgan fingerprint density at radius 3 is 3.19 bits per heavy atom. The number of thiophene rings is 1.